The van der Waals surface area contributed by atoms with Crippen molar-refractivity contribution in [1.82, 2.24) is 10.3 Å². The van der Waals surface area contributed by atoms with E-state index in [1.165, 1.54) is 0 Å². The second-order valence-corrected chi connectivity index (χ2v) is 4.62. The molecule has 1 heterocycles. The first-order chi connectivity index (χ1) is 10.6. The van der Waals surface area contributed by atoms with E-state index >= 15 is 0 Å². The van der Waals surface area contributed by atoms with Crippen molar-refractivity contribution >= 4 is 12.1 Å². The van der Waals surface area contributed by atoms with Crippen molar-refractivity contribution < 1.29 is 19.4 Å². The molecule has 0 radical (unpaired) electrons. The highest BCUT2D eigenvalue weighted by Gasteiger charge is 2.21. The topological polar surface area (TPSA) is 88.5 Å². The van der Waals surface area contributed by atoms with E-state index in [0.29, 0.717) is 5.69 Å². The highest BCUT2D eigenvalue weighted by molar-refractivity contribution is 5.80. The molecule has 1 aromatic carbocycles. The number of amides is 1. The Bertz CT molecular complexity index is 617. The fraction of sp³-hybridized carbons (Fsp3) is 0.188. The predicted octanol–water partition coefficient (Wildman–Crippen LogP) is 2.00. The molecule has 2 N–H and O–H groups in total. The van der Waals surface area contributed by atoms with Gasteiger partial charge in [-0.05, 0) is 17.7 Å². The Labute approximate surface area is 127 Å². The number of carboxylic acids is 1. The zero-order valence-electron chi connectivity index (χ0n) is 11.8. The molecule has 0 fully saturated rings. The SMILES string of the molecule is O=C(NC(Cc1ccccn1)C(=O)O)OCc1ccccc1. The van der Waals surface area contributed by atoms with Crippen molar-refractivity contribution in [3.63, 3.8) is 0 Å². The van der Waals surface area contributed by atoms with E-state index in [4.69, 9.17) is 4.74 Å². The van der Waals surface area contributed by atoms with Crippen LogP contribution in [-0.4, -0.2) is 28.2 Å². The largest absolute Gasteiger partial charge is 0.480 e. The van der Waals surface area contributed by atoms with Crippen LogP contribution in [0.2, 0.25) is 0 Å². The number of ether oxygens (including phenoxy) is 1. The van der Waals surface area contributed by atoms with Gasteiger partial charge in [0, 0.05) is 18.3 Å². The summed E-state index contributed by atoms with van der Waals surface area (Å²) in [6.07, 6.45) is 0.894. The number of benzene rings is 1. The van der Waals surface area contributed by atoms with Crippen molar-refractivity contribution in [1.29, 1.82) is 0 Å². The number of nitrogens with one attached hydrogen (secondary N) is 1. The van der Waals surface area contributed by atoms with Crippen molar-refractivity contribution in [2.45, 2.75) is 19.1 Å². The summed E-state index contributed by atoms with van der Waals surface area (Å²) in [6.45, 7) is 0.0859. The molecule has 6 nitrogen and oxygen atoms in total. The number of aliphatic carboxylic acids is 1. The first-order valence-electron chi connectivity index (χ1n) is 6.75. The third-order valence-electron chi connectivity index (χ3n) is 2.94. The normalized spacial score (nSPS) is 11.5. The third kappa shape index (κ3) is 4.90. The number of hydrogen-bond acceptors (Lipinski definition) is 4. The van der Waals surface area contributed by atoms with E-state index in [2.05, 4.69) is 10.3 Å². The molecule has 2 rings (SSSR count). The average molecular weight is 300 g/mol. The van der Waals surface area contributed by atoms with Gasteiger partial charge in [0.25, 0.3) is 0 Å². The number of aromatic nitrogens is 1. The van der Waals surface area contributed by atoms with Gasteiger partial charge >= 0.3 is 12.1 Å². The fourth-order valence-electron chi connectivity index (χ4n) is 1.84. The molecule has 6 heteroatoms. The molecule has 114 valence electrons. The van der Waals surface area contributed by atoms with E-state index in [0.717, 1.165) is 5.56 Å². The lowest BCUT2D eigenvalue weighted by atomic mass is 10.1. The van der Waals surface area contributed by atoms with Gasteiger partial charge in [-0.15, -0.1) is 0 Å². The Morgan fingerprint density at radius 3 is 2.50 bits per heavy atom. The summed E-state index contributed by atoms with van der Waals surface area (Å²) in [7, 11) is 0. The van der Waals surface area contributed by atoms with Gasteiger partial charge in [-0.2, -0.15) is 0 Å². The fourth-order valence-corrected chi connectivity index (χ4v) is 1.84. The molecule has 0 bridgehead atoms. The maximum atomic E-state index is 11.7. The molecule has 1 amide bonds. The Morgan fingerprint density at radius 2 is 1.86 bits per heavy atom. The lowest BCUT2D eigenvalue weighted by Gasteiger charge is -2.14. The van der Waals surface area contributed by atoms with Gasteiger partial charge in [-0.3, -0.25) is 4.98 Å². The first-order valence-corrected chi connectivity index (χ1v) is 6.75. The smallest absolute Gasteiger partial charge is 0.408 e. The maximum Gasteiger partial charge on any atom is 0.408 e. The van der Waals surface area contributed by atoms with Crippen LogP contribution in [-0.2, 0) is 22.6 Å². The quantitative estimate of drug-likeness (QED) is 0.852. The van der Waals surface area contributed by atoms with Crippen LogP contribution in [0.3, 0.4) is 0 Å². The molecule has 1 unspecified atom stereocenters. The van der Waals surface area contributed by atoms with E-state index in [-0.39, 0.29) is 13.0 Å². The molecule has 0 saturated heterocycles. The number of alkyl carbamates (subject to hydrolysis) is 1. The van der Waals surface area contributed by atoms with Crippen LogP contribution in [0, 0.1) is 0 Å². The number of hydrogen-bond donors (Lipinski definition) is 2. The second kappa shape index (κ2) is 7.78. The van der Waals surface area contributed by atoms with E-state index < -0.39 is 18.1 Å². The summed E-state index contributed by atoms with van der Waals surface area (Å²) in [4.78, 5) is 27.0. The van der Waals surface area contributed by atoms with Crippen molar-refractivity contribution in [2.24, 2.45) is 0 Å². The van der Waals surface area contributed by atoms with Crippen LogP contribution in [0.5, 0.6) is 0 Å². The molecule has 0 aliphatic heterocycles. The standard InChI is InChI=1S/C16H16N2O4/c19-15(20)14(10-13-8-4-5-9-17-13)18-16(21)22-11-12-6-2-1-3-7-12/h1-9,14H,10-11H2,(H,18,21)(H,19,20). The second-order valence-electron chi connectivity index (χ2n) is 4.62. The Balaban J connectivity index is 1.88. The van der Waals surface area contributed by atoms with Gasteiger partial charge in [0.2, 0.25) is 0 Å². The molecule has 1 aromatic heterocycles. The molecule has 0 spiro atoms. The zero-order chi connectivity index (χ0) is 15.8. The molecule has 2 aromatic rings. The van der Waals surface area contributed by atoms with Crippen molar-refractivity contribution in [3.05, 3.63) is 66.0 Å². The van der Waals surface area contributed by atoms with Crippen LogP contribution in [0.25, 0.3) is 0 Å². The molecule has 0 aliphatic rings. The highest BCUT2D eigenvalue weighted by atomic mass is 16.5. The van der Waals surface area contributed by atoms with Crippen LogP contribution in [0.15, 0.2) is 54.7 Å². The summed E-state index contributed by atoms with van der Waals surface area (Å²) in [5.41, 5.74) is 1.41. The lowest BCUT2D eigenvalue weighted by molar-refractivity contribution is -0.139. The van der Waals surface area contributed by atoms with Gasteiger partial charge < -0.3 is 15.2 Å². The minimum atomic E-state index is -1.14. The number of carbonyl (C=O) groups is 2. The third-order valence-corrected chi connectivity index (χ3v) is 2.94. The van der Waals surface area contributed by atoms with Crippen molar-refractivity contribution in [3.8, 4) is 0 Å². The molecular weight excluding hydrogens is 284 g/mol. The van der Waals surface area contributed by atoms with Gasteiger partial charge in [0.1, 0.15) is 12.6 Å². The van der Waals surface area contributed by atoms with Gasteiger partial charge in [-0.1, -0.05) is 36.4 Å². The van der Waals surface area contributed by atoms with Crippen LogP contribution >= 0.6 is 0 Å². The van der Waals surface area contributed by atoms with Crippen LogP contribution < -0.4 is 5.32 Å². The number of carboxylic acid groups (broad SMARTS) is 1. The molecule has 0 aliphatic carbocycles. The minimum Gasteiger partial charge on any atom is -0.480 e. The van der Waals surface area contributed by atoms with Gasteiger partial charge in [0.15, 0.2) is 0 Å². The Hall–Kier alpha value is -2.89. The summed E-state index contributed by atoms with van der Waals surface area (Å²) < 4.78 is 5.01. The molecule has 0 saturated carbocycles. The Morgan fingerprint density at radius 1 is 1.14 bits per heavy atom. The summed E-state index contributed by atoms with van der Waals surface area (Å²) >= 11 is 0. The first kappa shape index (κ1) is 15.5. The summed E-state index contributed by atoms with van der Waals surface area (Å²) in [6, 6.07) is 13.3. The van der Waals surface area contributed by atoms with Gasteiger partial charge in [0.05, 0.1) is 0 Å². The van der Waals surface area contributed by atoms with E-state index in [1.807, 2.05) is 30.3 Å². The molecular formula is C16H16N2O4. The molecule has 1 atom stereocenters. The summed E-state index contributed by atoms with van der Waals surface area (Å²) in [5.74, 6) is -1.14. The zero-order valence-corrected chi connectivity index (χ0v) is 11.8. The number of pyridine rings is 1. The molecule has 22 heavy (non-hydrogen) atoms. The Kier molecular flexibility index (Phi) is 5.48. The maximum absolute atomic E-state index is 11.7. The number of rotatable bonds is 6. The van der Waals surface area contributed by atoms with Crippen molar-refractivity contribution in [2.75, 3.05) is 0 Å². The highest BCUT2D eigenvalue weighted by Crippen LogP contribution is 2.03. The minimum absolute atomic E-state index is 0.0859. The monoisotopic (exact) mass is 300 g/mol. The predicted molar refractivity (Wildman–Crippen MR) is 79.1 cm³/mol. The van der Waals surface area contributed by atoms with E-state index in [9.17, 15) is 14.7 Å². The van der Waals surface area contributed by atoms with Gasteiger partial charge in [-0.25, -0.2) is 9.59 Å². The van der Waals surface area contributed by atoms with Crippen LogP contribution in [0.4, 0.5) is 4.79 Å². The van der Waals surface area contributed by atoms with E-state index in [1.54, 1.807) is 24.4 Å². The number of carbonyl (C=O) groups excluding carboxylic acids is 1. The summed E-state index contributed by atoms with van der Waals surface area (Å²) in [5, 5.41) is 11.5. The van der Waals surface area contributed by atoms with Crippen LogP contribution in [0.1, 0.15) is 11.3 Å². The number of nitrogens with zero attached hydrogens (tertiary/aromatic N) is 1. The lowest BCUT2D eigenvalue weighted by Crippen LogP contribution is -2.42. The average Bonchev–Trinajstić information content (AvgIpc) is 2.54.